The van der Waals surface area contributed by atoms with Crippen molar-refractivity contribution in [3.63, 3.8) is 0 Å². The van der Waals surface area contributed by atoms with Crippen LogP contribution >= 0.6 is 0 Å². The first-order valence-electron chi connectivity index (χ1n) is 13.8. The number of sulfone groups is 1. The minimum absolute atomic E-state index is 0.0214. The van der Waals surface area contributed by atoms with Crippen molar-refractivity contribution in [2.24, 2.45) is 0 Å². The van der Waals surface area contributed by atoms with Gasteiger partial charge in [-0.25, -0.2) is 22.5 Å². The van der Waals surface area contributed by atoms with E-state index in [0.29, 0.717) is 0 Å². The van der Waals surface area contributed by atoms with Crippen molar-refractivity contribution >= 4 is 9.84 Å². The van der Waals surface area contributed by atoms with Gasteiger partial charge in [-0.15, -0.1) is 13.2 Å². The molecule has 0 atom stereocenters. The Bertz CT molecular complexity index is 2080. The zero-order chi connectivity index (χ0) is 33.9. The first kappa shape index (κ1) is 32.2. The lowest BCUT2D eigenvalue weighted by atomic mass is 9.97. The molecule has 0 spiro atoms. The van der Waals surface area contributed by atoms with Gasteiger partial charge in [0.2, 0.25) is 0 Å². The predicted octanol–water partition coefficient (Wildman–Crippen LogP) is 7.69. The van der Waals surface area contributed by atoms with E-state index in [-0.39, 0.29) is 51.2 Å². The molecule has 2 heterocycles. The third kappa shape index (κ3) is 6.74. The number of oxazole rings is 1. The lowest BCUT2D eigenvalue weighted by Gasteiger charge is -2.14. The number of halogens is 7. The minimum Gasteiger partial charge on any atom is -0.440 e. The number of aliphatic hydroxyl groups excluding tert-OH is 1. The van der Waals surface area contributed by atoms with Crippen LogP contribution in [-0.2, 0) is 22.6 Å². The van der Waals surface area contributed by atoms with Gasteiger partial charge in [0, 0.05) is 35.1 Å². The number of nitrogens with zero attached hydrogens (tertiary/aromatic N) is 3. The average Bonchev–Trinajstić information content (AvgIpc) is 3.53. The molecule has 0 amide bonds. The summed E-state index contributed by atoms with van der Waals surface area (Å²) < 4.78 is 130. The lowest BCUT2D eigenvalue weighted by Crippen LogP contribution is -2.16. The van der Waals surface area contributed by atoms with E-state index < -0.39 is 56.7 Å². The van der Waals surface area contributed by atoms with Gasteiger partial charge in [-0.05, 0) is 78.6 Å². The summed E-state index contributed by atoms with van der Waals surface area (Å²) in [6, 6.07) is 11.9. The van der Waals surface area contributed by atoms with E-state index in [1.165, 1.54) is 30.3 Å². The van der Waals surface area contributed by atoms with Crippen LogP contribution in [0.1, 0.15) is 35.9 Å². The van der Waals surface area contributed by atoms with E-state index in [2.05, 4.69) is 14.8 Å². The molecule has 0 radical (unpaired) electrons. The van der Waals surface area contributed by atoms with Crippen LogP contribution in [0.25, 0.3) is 39.4 Å². The highest BCUT2D eigenvalue weighted by Gasteiger charge is 2.35. The van der Waals surface area contributed by atoms with Crippen LogP contribution in [0.2, 0.25) is 0 Å². The van der Waals surface area contributed by atoms with Crippen LogP contribution in [-0.4, -0.2) is 40.9 Å². The highest BCUT2D eigenvalue weighted by Crippen LogP contribution is 2.46. The molecule has 8 nitrogen and oxygen atoms in total. The summed E-state index contributed by atoms with van der Waals surface area (Å²) in [5.74, 6) is -1.26. The number of rotatable bonds is 8. The van der Waals surface area contributed by atoms with Crippen LogP contribution in [0.3, 0.4) is 0 Å². The van der Waals surface area contributed by atoms with Gasteiger partial charge in [0.15, 0.2) is 27.2 Å². The number of benzene rings is 3. The molecule has 1 saturated carbocycles. The van der Waals surface area contributed by atoms with Gasteiger partial charge in [0.25, 0.3) is 0 Å². The standard InChI is InChI=1S/C31H22F7N3O5S/c1-47(43,44)25-14-19(13-23(32)22(25)15-42)18-6-9-24(41-11-10-26(40-41)30(33,34)35)21(12-18)28-27(39-29(45-28)17-2-3-17)16-4-7-20(8-5-16)46-31(36,37)38/h4-14,17,42H,2-3,15H2,1H3. The second-order valence-electron chi connectivity index (χ2n) is 10.8. The first-order chi connectivity index (χ1) is 22.0. The highest BCUT2D eigenvalue weighted by atomic mass is 32.2. The molecule has 5 aromatic rings. The molecule has 16 heteroatoms. The van der Waals surface area contributed by atoms with E-state index in [0.717, 1.165) is 60.3 Å². The van der Waals surface area contributed by atoms with Crippen molar-refractivity contribution in [1.82, 2.24) is 14.8 Å². The molecule has 0 aliphatic heterocycles. The number of hydrogen-bond donors (Lipinski definition) is 1. The van der Waals surface area contributed by atoms with Crippen LogP contribution in [0.15, 0.2) is 76.2 Å². The predicted molar refractivity (Wildman–Crippen MR) is 153 cm³/mol. The Morgan fingerprint density at radius 2 is 1.64 bits per heavy atom. The molecule has 1 fully saturated rings. The van der Waals surface area contributed by atoms with Gasteiger partial charge in [0.05, 0.1) is 17.2 Å². The SMILES string of the molecule is CS(=O)(=O)c1cc(-c2ccc(-n3ccc(C(F)(F)F)n3)c(-c3oc(C4CC4)nc3-c3ccc(OC(F)(F)F)cc3)c2)cc(F)c1CO. The minimum atomic E-state index is -4.93. The van der Waals surface area contributed by atoms with Crippen molar-refractivity contribution in [3.05, 3.63) is 89.8 Å². The van der Waals surface area contributed by atoms with Gasteiger partial charge >= 0.3 is 12.5 Å². The Kier molecular flexibility index (Phi) is 7.91. The van der Waals surface area contributed by atoms with Crippen LogP contribution in [0.5, 0.6) is 5.75 Å². The molecule has 0 saturated heterocycles. The molecule has 0 unspecified atom stereocenters. The number of aromatic nitrogens is 3. The second kappa shape index (κ2) is 11.5. The van der Waals surface area contributed by atoms with Gasteiger partial charge in [-0.2, -0.15) is 18.3 Å². The molecule has 1 N–H and O–H groups in total. The van der Waals surface area contributed by atoms with Crippen molar-refractivity contribution in [1.29, 1.82) is 0 Å². The van der Waals surface area contributed by atoms with E-state index in [9.17, 15) is 39.9 Å². The maximum absolute atomic E-state index is 15.1. The zero-order valence-electron chi connectivity index (χ0n) is 24.0. The average molecular weight is 682 g/mol. The summed E-state index contributed by atoms with van der Waals surface area (Å²) >= 11 is 0. The van der Waals surface area contributed by atoms with Gasteiger partial charge < -0.3 is 14.3 Å². The fourth-order valence-corrected chi connectivity index (χ4v) is 5.95. The van der Waals surface area contributed by atoms with E-state index in [1.807, 2.05) is 0 Å². The Balaban J connectivity index is 1.57. The smallest absolute Gasteiger partial charge is 0.440 e. The summed E-state index contributed by atoms with van der Waals surface area (Å²) in [6.45, 7) is -0.891. The molecule has 1 aliphatic carbocycles. The third-order valence-corrected chi connectivity index (χ3v) is 8.51. The van der Waals surface area contributed by atoms with Crippen molar-refractivity contribution in [2.75, 3.05) is 6.26 Å². The molecule has 0 bridgehead atoms. The Morgan fingerprint density at radius 1 is 0.957 bits per heavy atom. The number of hydrogen-bond acceptors (Lipinski definition) is 7. The summed E-state index contributed by atoms with van der Waals surface area (Å²) in [6.07, 6.45) is -6.30. The van der Waals surface area contributed by atoms with E-state index in [4.69, 9.17) is 4.42 Å². The Hall–Kier alpha value is -4.70. The Morgan fingerprint density at radius 3 is 2.21 bits per heavy atom. The molecule has 47 heavy (non-hydrogen) atoms. The maximum atomic E-state index is 15.1. The highest BCUT2D eigenvalue weighted by molar-refractivity contribution is 7.90. The van der Waals surface area contributed by atoms with E-state index in [1.54, 1.807) is 0 Å². The summed E-state index contributed by atoms with van der Waals surface area (Å²) in [5, 5.41) is 13.3. The topological polar surface area (TPSA) is 107 Å². The lowest BCUT2D eigenvalue weighted by molar-refractivity contribution is -0.274. The quantitative estimate of drug-likeness (QED) is 0.167. The maximum Gasteiger partial charge on any atom is 0.573 e. The largest absolute Gasteiger partial charge is 0.573 e. The van der Waals surface area contributed by atoms with Crippen LogP contribution < -0.4 is 4.74 Å². The molecular formula is C31H22F7N3O5S. The summed E-state index contributed by atoms with van der Waals surface area (Å²) in [7, 11) is -4.01. The molecule has 2 aromatic heterocycles. The summed E-state index contributed by atoms with van der Waals surface area (Å²) in [5.41, 5.74) is -0.751. The fraction of sp³-hybridized carbons (Fsp3) is 0.226. The fourth-order valence-electron chi connectivity index (χ4n) is 5.00. The number of aliphatic hydroxyl groups is 1. The summed E-state index contributed by atoms with van der Waals surface area (Å²) in [4.78, 5) is 4.12. The molecule has 3 aromatic carbocycles. The second-order valence-corrected chi connectivity index (χ2v) is 12.8. The molecule has 6 rings (SSSR count). The molecule has 246 valence electrons. The van der Waals surface area contributed by atoms with Gasteiger partial charge in [-0.3, -0.25) is 0 Å². The number of alkyl halides is 6. The normalized spacial score (nSPS) is 14.1. The monoisotopic (exact) mass is 681 g/mol. The van der Waals surface area contributed by atoms with Gasteiger partial charge in [-0.1, -0.05) is 6.07 Å². The van der Waals surface area contributed by atoms with Crippen molar-refractivity contribution < 1.29 is 53.4 Å². The van der Waals surface area contributed by atoms with Crippen molar-refractivity contribution in [2.45, 2.75) is 42.8 Å². The van der Waals surface area contributed by atoms with E-state index >= 15 is 4.39 Å². The molecule has 1 aliphatic rings. The molecular weight excluding hydrogens is 659 g/mol. The Labute approximate surface area is 262 Å². The van der Waals surface area contributed by atoms with Crippen LogP contribution in [0, 0.1) is 5.82 Å². The number of ether oxygens (including phenoxy) is 1. The van der Waals surface area contributed by atoms with Crippen molar-refractivity contribution in [3.8, 4) is 45.1 Å². The van der Waals surface area contributed by atoms with Crippen LogP contribution in [0.4, 0.5) is 30.7 Å². The first-order valence-corrected chi connectivity index (χ1v) is 15.7. The van der Waals surface area contributed by atoms with Gasteiger partial charge in [0.1, 0.15) is 17.3 Å². The third-order valence-electron chi connectivity index (χ3n) is 7.34. The zero-order valence-corrected chi connectivity index (χ0v) is 24.8.